The van der Waals surface area contributed by atoms with Crippen LogP contribution in [0.3, 0.4) is 0 Å². The van der Waals surface area contributed by atoms with Gasteiger partial charge in [0.1, 0.15) is 5.82 Å². The zero-order valence-electron chi connectivity index (χ0n) is 11.1. The minimum absolute atomic E-state index is 0.186. The van der Waals surface area contributed by atoms with Crippen LogP contribution in [0, 0.1) is 27.1 Å². The predicted molar refractivity (Wildman–Crippen MR) is 85.8 cm³/mol. The summed E-state index contributed by atoms with van der Waals surface area (Å²) < 4.78 is 16.4. The second-order valence-corrected chi connectivity index (χ2v) is 7.34. The molecule has 20 heavy (non-hydrogen) atoms. The molecule has 0 aliphatic heterocycles. The summed E-state index contributed by atoms with van der Waals surface area (Å²) in [6.07, 6.45) is 5.39. The second kappa shape index (κ2) is 4.58. The number of benzene rings is 1. The summed E-state index contributed by atoms with van der Waals surface area (Å²) in [5, 5.41) is 0. The lowest BCUT2D eigenvalue weighted by Gasteiger charge is -2.17. The topological polar surface area (TPSA) is 43.8 Å². The van der Waals surface area contributed by atoms with Gasteiger partial charge in [0.2, 0.25) is 5.95 Å². The summed E-state index contributed by atoms with van der Waals surface area (Å²) >= 11 is 2.00. The summed E-state index contributed by atoms with van der Waals surface area (Å²) in [6.45, 7) is 0.900. The Morgan fingerprint density at radius 2 is 1.95 bits per heavy atom. The van der Waals surface area contributed by atoms with E-state index in [1.54, 1.807) is 12.1 Å². The van der Waals surface area contributed by atoms with Crippen molar-refractivity contribution in [2.45, 2.75) is 32.2 Å². The number of hydrogen-bond donors (Lipinski definition) is 1. The lowest BCUT2D eigenvalue weighted by molar-refractivity contribution is 0.355. The Hall–Kier alpha value is -0.850. The molecule has 2 aliphatic carbocycles. The Morgan fingerprint density at radius 3 is 2.55 bits per heavy atom. The van der Waals surface area contributed by atoms with Crippen LogP contribution in [0.25, 0.3) is 11.0 Å². The molecule has 2 saturated carbocycles. The molecule has 2 N–H and O–H groups in total. The molecule has 106 valence electrons. The number of imidazole rings is 1. The van der Waals surface area contributed by atoms with Crippen LogP contribution in [0.1, 0.15) is 25.7 Å². The summed E-state index contributed by atoms with van der Waals surface area (Å²) in [5.74, 6) is 2.75. The van der Waals surface area contributed by atoms with E-state index in [1.807, 2.05) is 27.2 Å². The molecule has 2 fully saturated rings. The molecule has 3 nitrogen and oxygen atoms in total. The molecule has 0 atom stereocenters. The van der Waals surface area contributed by atoms with Gasteiger partial charge < -0.3 is 10.3 Å². The number of nitrogen functional groups attached to an aromatic ring is 1. The first-order valence-corrected chi connectivity index (χ1v) is 8.32. The molecule has 1 aromatic heterocycles. The molecule has 5 heteroatoms. The van der Waals surface area contributed by atoms with E-state index in [0.717, 1.165) is 29.4 Å². The van der Waals surface area contributed by atoms with Crippen molar-refractivity contribution in [2.24, 2.45) is 17.8 Å². The average molecular weight is 385 g/mol. The van der Waals surface area contributed by atoms with Crippen molar-refractivity contribution in [3.8, 4) is 0 Å². The highest BCUT2D eigenvalue weighted by Gasteiger charge is 2.41. The molecular formula is C15H17FIN3. The van der Waals surface area contributed by atoms with E-state index in [-0.39, 0.29) is 5.82 Å². The Balaban J connectivity index is 1.74. The molecule has 0 spiro atoms. The van der Waals surface area contributed by atoms with Crippen molar-refractivity contribution >= 4 is 39.6 Å². The van der Waals surface area contributed by atoms with Crippen LogP contribution >= 0.6 is 22.6 Å². The lowest BCUT2D eigenvalue weighted by atomic mass is 9.98. The fraction of sp³-hybridized carbons (Fsp3) is 0.533. The number of nitrogens with two attached hydrogens (primary N) is 1. The monoisotopic (exact) mass is 385 g/mol. The Bertz CT molecular complexity index is 661. The Morgan fingerprint density at radius 1 is 1.30 bits per heavy atom. The third-order valence-electron chi connectivity index (χ3n) is 4.67. The maximum atomic E-state index is 13.8. The molecule has 4 rings (SSSR count). The van der Waals surface area contributed by atoms with Crippen molar-refractivity contribution in [3.63, 3.8) is 0 Å². The highest BCUT2D eigenvalue weighted by atomic mass is 127. The number of aromatic nitrogens is 2. The first-order chi connectivity index (χ1) is 9.63. The average Bonchev–Trinajstić information content (AvgIpc) is 3.28. The van der Waals surface area contributed by atoms with Crippen LogP contribution < -0.4 is 5.73 Å². The van der Waals surface area contributed by atoms with Gasteiger partial charge in [-0.1, -0.05) is 0 Å². The largest absolute Gasteiger partial charge is 0.369 e. The van der Waals surface area contributed by atoms with E-state index in [0.29, 0.717) is 15.4 Å². The SMILES string of the molecule is Nc1nc2cc(I)c(F)cc2n1CC(C1CC1)C1CC1. The highest BCUT2D eigenvalue weighted by Crippen LogP contribution is 2.50. The van der Waals surface area contributed by atoms with E-state index < -0.39 is 0 Å². The fourth-order valence-corrected chi connectivity index (χ4v) is 3.72. The molecule has 0 amide bonds. The Labute approximate surface area is 130 Å². The Kier molecular flexibility index (Phi) is 2.94. The second-order valence-electron chi connectivity index (χ2n) is 6.17. The van der Waals surface area contributed by atoms with Crippen molar-refractivity contribution < 1.29 is 4.39 Å². The van der Waals surface area contributed by atoms with Crippen molar-refractivity contribution in [2.75, 3.05) is 5.73 Å². The van der Waals surface area contributed by atoms with Crippen molar-refractivity contribution in [3.05, 3.63) is 21.5 Å². The van der Waals surface area contributed by atoms with Gasteiger partial charge in [0, 0.05) is 12.6 Å². The predicted octanol–water partition coefficient (Wildman–Crippen LogP) is 3.80. The van der Waals surface area contributed by atoms with Gasteiger partial charge in [0.05, 0.1) is 14.6 Å². The standard InChI is InChI=1S/C15H17FIN3/c16-11-5-14-13(6-12(11)17)19-15(18)20(14)7-10(8-1-2-8)9-3-4-9/h5-6,8-10H,1-4,7H2,(H2,18,19). The van der Waals surface area contributed by atoms with Gasteiger partial charge in [0.25, 0.3) is 0 Å². The molecule has 0 unspecified atom stereocenters. The lowest BCUT2D eigenvalue weighted by Crippen LogP contribution is -2.16. The minimum Gasteiger partial charge on any atom is -0.369 e. The van der Waals surface area contributed by atoms with Crippen molar-refractivity contribution in [1.29, 1.82) is 0 Å². The fourth-order valence-electron chi connectivity index (χ4n) is 3.27. The quantitative estimate of drug-likeness (QED) is 0.814. The van der Waals surface area contributed by atoms with Gasteiger partial charge in [-0.05, 0) is 72.1 Å². The zero-order chi connectivity index (χ0) is 13.9. The number of rotatable bonds is 4. The number of hydrogen-bond acceptors (Lipinski definition) is 2. The number of halogens is 2. The summed E-state index contributed by atoms with van der Waals surface area (Å²) in [5.41, 5.74) is 7.71. The number of anilines is 1. The molecular weight excluding hydrogens is 368 g/mol. The van der Waals surface area contributed by atoms with Gasteiger partial charge in [-0.15, -0.1) is 0 Å². The van der Waals surface area contributed by atoms with Gasteiger partial charge in [-0.2, -0.15) is 0 Å². The third kappa shape index (κ3) is 2.19. The van der Waals surface area contributed by atoms with E-state index in [1.165, 1.54) is 25.7 Å². The maximum absolute atomic E-state index is 13.8. The van der Waals surface area contributed by atoms with Gasteiger partial charge in [-0.25, -0.2) is 9.37 Å². The first kappa shape index (κ1) is 12.9. The molecule has 0 radical (unpaired) electrons. The van der Waals surface area contributed by atoms with Crippen LogP contribution in [-0.4, -0.2) is 9.55 Å². The number of nitrogens with zero attached hydrogens (tertiary/aromatic N) is 2. The molecule has 1 aromatic carbocycles. The minimum atomic E-state index is -0.186. The van der Waals surface area contributed by atoms with E-state index in [2.05, 4.69) is 4.98 Å². The summed E-state index contributed by atoms with van der Waals surface area (Å²) in [7, 11) is 0. The first-order valence-electron chi connectivity index (χ1n) is 7.24. The summed E-state index contributed by atoms with van der Waals surface area (Å²) in [4.78, 5) is 4.40. The van der Waals surface area contributed by atoms with E-state index in [4.69, 9.17) is 5.73 Å². The normalized spacial score (nSPS) is 19.1. The third-order valence-corrected chi connectivity index (χ3v) is 5.49. The highest BCUT2D eigenvalue weighted by molar-refractivity contribution is 14.1. The number of fused-ring (bicyclic) bond motifs is 1. The van der Waals surface area contributed by atoms with Crippen LogP contribution in [0.2, 0.25) is 0 Å². The molecule has 1 heterocycles. The molecule has 0 bridgehead atoms. The van der Waals surface area contributed by atoms with Crippen molar-refractivity contribution in [1.82, 2.24) is 9.55 Å². The molecule has 0 saturated heterocycles. The van der Waals surface area contributed by atoms with Crippen LogP contribution in [-0.2, 0) is 6.54 Å². The van der Waals surface area contributed by atoms with Gasteiger partial charge in [-0.3, -0.25) is 0 Å². The van der Waals surface area contributed by atoms with E-state index in [9.17, 15) is 4.39 Å². The van der Waals surface area contributed by atoms with Crippen LogP contribution in [0.15, 0.2) is 12.1 Å². The van der Waals surface area contributed by atoms with Crippen LogP contribution in [0.4, 0.5) is 10.3 Å². The van der Waals surface area contributed by atoms with Gasteiger partial charge >= 0.3 is 0 Å². The summed E-state index contributed by atoms with van der Waals surface area (Å²) in [6, 6.07) is 3.36. The molecule has 2 aromatic rings. The molecule has 2 aliphatic rings. The smallest absolute Gasteiger partial charge is 0.201 e. The van der Waals surface area contributed by atoms with E-state index >= 15 is 0 Å². The van der Waals surface area contributed by atoms with Crippen LogP contribution in [0.5, 0.6) is 0 Å². The van der Waals surface area contributed by atoms with Gasteiger partial charge in [0.15, 0.2) is 0 Å². The zero-order valence-corrected chi connectivity index (χ0v) is 13.3. The maximum Gasteiger partial charge on any atom is 0.201 e.